The number of aryl methyl sites for hydroxylation is 1. The van der Waals surface area contributed by atoms with E-state index in [1.807, 2.05) is 0 Å². The van der Waals surface area contributed by atoms with Gasteiger partial charge in [-0.15, -0.1) is 0 Å². The molecule has 0 bridgehead atoms. The summed E-state index contributed by atoms with van der Waals surface area (Å²) in [6.07, 6.45) is 1.53. The zero-order chi connectivity index (χ0) is 14.0. The fourth-order valence-electron chi connectivity index (χ4n) is 1.48. The highest BCUT2D eigenvalue weighted by molar-refractivity contribution is 7.16. The number of halogens is 1. The van der Waals surface area contributed by atoms with Gasteiger partial charge in [0.1, 0.15) is 4.88 Å². The van der Waals surface area contributed by atoms with Crippen LogP contribution in [0.3, 0.4) is 0 Å². The number of nitrogens with zero attached hydrogens (tertiary/aromatic N) is 2. The topological polar surface area (TPSA) is 61.2 Å². The first-order chi connectivity index (χ1) is 9.02. The van der Waals surface area contributed by atoms with Gasteiger partial charge in [-0.1, -0.05) is 22.9 Å². The molecule has 100 valence electrons. The van der Waals surface area contributed by atoms with Crippen LogP contribution < -0.4 is 5.56 Å². The molecule has 0 N–H and O–H groups in total. The van der Waals surface area contributed by atoms with Gasteiger partial charge in [0.2, 0.25) is 0 Å². The molecular weight excluding hydrogens is 288 g/mol. The Balaban J connectivity index is 2.45. The van der Waals surface area contributed by atoms with E-state index in [0.29, 0.717) is 27.3 Å². The SMILES string of the molecule is CCOC(=O)c1sc(-n2ccc(Cl)cc2=O)nc1C. The van der Waals surface area contributed by atoms with Crippen molar-refractivity contribution in [1.29, 1.82) is 0 Å². The molecule has 0 aliphatic carbocycles. The number of carbonyl (C=O) groups excluding carboxylic acids is 1. The average molecular weight is 299 g/mol. The van der Waals surface area contributed by atoms with Crippen LogP contribution in [0.2, 0.25) is 5.02 Å². The van der Waals surface area contributed by atoms with Crippen LogP contribution in [0.4, 0.5) is 0 Å². The first-order valence-electron chi connectivity index (χ1n) is 5.56. The number of carbonyl (C=O) groups is 1. The van der Waals surface area contributed by atoms with E-state index in [1.165, 1.54) is 16.8 Å². The third-order valence-electron chi connectivity index (χ3n) is 2.33. The molecule has 0 saturated heterocycles. The van der Waals surface area contributed by atoms with Crippen molar-refractivity contribution in [2.24, 2.45) is 0 Å². The van der Waals surface area contributed by atoms with Crippen molar-refractivity contribution in [3.8, 4) is 5.13 Å². The molecule has 7 heteroatoms. The molecule has 2 aromatic rings. The number of ether oxygens (including phenoxy) is 1. The largest absolute Gasteiger partial charge is 0.462 e. The fraction of sp³-hybridized carbons (Fsp3) is 0.250. The lowest BCUT2D eigenvalue weighted by Gasteiger charge is -1.99. The van der Waals surface area contributed by atoms with E-state index in [4.69, 9.17) is 16.3 Å². The predicted octanol–water partition coefficient (Wildman–Crippen LogP) is 2.43. The zero-order valence-electron chi connectivity index (χ0n) is 10.3. The summed E-state index contributed by atoms with van der Waals surface area (Å²) in [5.41, 5.74) is 0.247. The summed E-state index contributed by atoms with van der Waals surface area (Å²) in [7, 11) is 0. The van der Waals surface area contributed by atoms with E-state index >= 15 is 0 Å². The molecule has 0 radical (unpaired) electrons. The van der Waals surface area contributed by atoms with Crippen molar-refractivity contribution in [3.63, 3.8) is 0 Å². The Morgan fingerprint density at radius 1 is 1.58 bits per heavy atom. The Kier molecular flexibility index (Phi) is 4.01. The van der Waals surface area contributed by atoms with Crippen molar-refractivity contribution < 1.29 is 9.53 Å². The van der Waals surface area contributed by atoms with Gasteiger partial charge >= 0.3 is 5.97 Å². The lowest BCUT2D eigenvalue weighted by atomic mass is 10.4. The first kappa shape index (κ1) is 13.8. The average Bonchev–Trinajstić information content (AvgIpc) is 2.71. The van der Waals surface area contributed by atoms with Gasteiger partial charge in [0.15, 0.2) is 5.13 Å². The monoisotopic (exact) mass is 298 g/mol. The third kappa shape index (κ3) is 2.85. The van der Waals surface area contributed by atoms with Gasteiger partial charge < -0.3 is 4.74 Å². The molecular formula is C12H11ClN2O3S. The summed E-state index contributed by atoms with van der Waals surface area (Å²) in [4.78, 5) is 28.1. The molecule has 0 fully saturated rings. The van der Waals surface area contributed by atoms with Crippen LogP contribution >= 0.6 is 22.9 Å². The molecule has 0 aliphatic heterocycles. The van der Waals surface area contributed by atoms with Crippen LogP contribution in [-0.4, -0.2) is 22.1 Å². The van der Waals surface area contributed by atoms with E-state index in [-0.39, 0.29) is 5.56 Å². The van der Waals surface area contributed by atoms with Crippen LogP contribution in [0.5, 0.6) is 0 Å². The highest BCUT2D eigenvalue weighted by Crippen LogP contribution is 2.21. The van der Waals surface area contributed by atoms with Gasteiger partial charge in [-0.3, -0.25) is 9.36 Å². The second-order valence-corrected chi connectivity index (χ2v) is 5.10. The van der Waals surface area contributed by atoms with Gasteiger partial charge in [-0.05, 0) is 19.9 Å². The number of rotatable bonds is 3. The standard InChI is InChI=1S/C12H11ClN2O3S/c1-3-18-11(17)10-7(2)14-12(19-10)15-5-4-8(13)6-9(15)16/h4-6H,3H2,1-2H3. The van der Waals surface area contributed by atoms with Crippen LogP contribution in [0.1, 0.15) is 22.3 Å². The first-order valence-corrected chi connectivity index (χ1v) is 6.75. The summed E-state index contributed by atoms with van der Waals surface area (Å²) < 4.78 is 6.27. The summed E-state index contributed by atoms with van der Waals surface area (Å²) in [5.74, 6) is -0.425. The van der Waals surface area contributed by atoms with E-state index in [0.717, 1.165) is 11.3 Å². The summed E-state index contributed by atoms with van der Waals surface area (Å²) in [6.45, 7) is 3.73. The fourth-order valence-corrected chi connectivity index (χ4v) is 2.58. The lowest BCUT2D eigenvalue weighted by molar-refractivity contribution is 0.0531. The van der Waals surface area contributed by atoms with Crippen LogP contribution in [0.25, 0.3) is 5.13 Å². The van der Waals surface area contributed by atoms with Crippen LogP contribution in [-0.2, 0) is 4.74 Å². The maximum absolute atomic E-state index is 11.8. The molecule has 5 nitrogen and oxygen atoms in total. The maximum Gasteiger partial charge on any atom is 0.350 e. The molecule has 0 aliphatic rings. The number of esters is 1. The van der Waals surface area contributed by atoms with Crippen molar-refractivity contribution in [2.45, 2.75) is 13.8 Å². The zero-order valence-corrected chi connectivity index (χ0v) is 11.9. The second-order valence-electron chi connectivity index (χ2n) is 3.68. The maximum atomic E-state index is 11.8. The van der Waals surface area contributed by atoms with E-state index < -0.39 is 5.97 Å². The van der Waals surface area contributed by atoms with Crippen molar-refractivity contribution in [2.75, 3.05) is 6.61 Å². The molecule has 2 aromatic heterocycles. The molecule has 0 amide bonds. The molecule has 2 rings (SSSR count). The molecule has 0 saturated carbocycles. The van der Waals surface area contributed by atoms with Crippen molar-refractivity contribution in [3.05, 3.63) is 44.3 Å². The number of hydrogen-bond acceptors (Lipinski definition) is 5. The van der Waals surface area contributed by atoms with Gasteiger partial charge in [0.25, 0.3) is 5.56 Å². The van der Waals surface area contributed by atoms with Gasteiger partial charge in [-0.25, -0.2) is 9.78 Å². The van der Waals surface area contributed by atoms with E-state index in [1.54, 1.807) is 19.9 Å². The van der Waals surface area contributed by atoms with E-state index in [2.05, 4.69) is 4.98 Å². The molecule has 0 spiro atoms. The predicted molar refractivity (Wildman–Crippen MR) is 73.4 cm³/mol. The molecule has 19 heavy (non-hydrogen) atoms. The van der Waals surface area contributed by atoms with E-state index in [9.17, 15) is 9.59 Å². The highest BCUT2D eigenvalue weighted by atomic mass is 35.5. The molecule has 2 heterocycles. The summed E-state index contributed by atoms with van der Waals surface area (Å²) in [5, 5.41) is 0.780. The molecule has 0 aromatic carbocycles. The third-order valence-corrected chi connectivity index (χ3v) is 3.71. The minimum Gasteiger partial charge on any atom is -0.462 e. The Hall–Kier alpha value is -1.66. The Morgan fingerprint density at radius 3 is 2.95 bits per heavy atom. The Morgan fingerprint density at radius 2 is 2.32 bits per heavy atom. The van der Waals surface area contributed by atoms with Crippen molar-refractivity contribution in [1.82, 2.24) is 9.55 Å². The van der Waals surface area contributed by atoms with Gasteiger partial charge in [0, 0.05) is 17.3 Å². The van der Waals surface area contributed by atoms with Gasteiger partial charge in [-0.2, -0.15) is 0 Å². The van der Waals surface area contributed by atoms with Gasteiger partial charge in [0.05, 0.1) is 12.3 Å². The number of pyridine rings is 1. The highest BCUT2D eigenvalue weighted by Gasteiger charge is 2.17. The normalized spacial score (nSPS) is 10.5. The quantitative estimate of drug-likeness (QED) is 0.817. The number of hydrogen-bond donors (Lipinski definition) is 0. The van der Waals surface area contributed by atoms with Crippen molar-refractivity contribution >= 4 is 28.9 Å². The molecule has 0 atom stereocenters. The summed E-state index contributed by atoms with van der Waals surface area (Å²) >= 11 is 6.84. The van der Waals surface area contributed by atoms with Crippen LogP contribution in [0, 0.1) is 6.92 Å². The number of aromatic nitrogens is 2. The Labute approximate surface area is 118 Å². The smallest absolute Gasteiger partial charge is 0.350 e. The molecule has 0 unspecified atom stereocenters. The second kappa shape index (κ2) is 5.54. The minimum atomic E-state index is -0.425. The Bertz CT molecular complexity index is 678. The summed E-state index contributed by atoms with van der Waals surface area (Å²) in [6, 6.07) is 2.88. The number of thiazole rings is 1. The van der Waals surface area contributed by atoms with Crippen LogP contribution in [0.15, 0.2) is 23.1 Å². The minimum absolute atomic E-state index is 0.295. The lowest BCUT2D eigenvalue weighted by Crippen LogP contribution is -2.15.